The average molecular weight is 406 g/mol. The Balaban J connectivity index is 1.69. The number of esters is 2. The van der Waals surface area contributed by atoms with E-state index in [9.17, 15) is 27.2 Å². The third-order valence-electron chi connectivity index (χ3n) is 6.39. The Morgan fingerprint density at radius 3 is 2.18 bits per heavy atom. The first kappa shape index (κ1) is 21.1. The first-order valence-corrected chi connectivity index (χ1v) is 9.59. The Labute approximate surface area is 161 Å². The molecule has 0 aromatic rings. The SMILES string of the molecule is C=C(C)C(=O)OC12CC3CC(C1)CC(C(=O)OCCC(F)(F)C(C)(F)F)(C3)C2. The second-order valence-corrected chi connectivity index (χ2v) is 9.07. The number of hydrogen-bond donors (Lipinski definition) is 0. The van der Waals surface area contributed by atoms with Crippen LogP contribution in [-0.2, 0) is 19.1 Å². The van der Waals surface area contributed by atoms with Crippen LogP contribution in [0.5, 0.6) is 0 Å². The van der Waals surface area contributed by atoms with Crippen molar-refractivity contribution in [2.75, 3.05) is 6.61 Å². The van der Waals surface area contributed by atoms with Gasteiger partial charge in [0.05, 0.1) is 18.4 Å². The van der Waals surface area contributed by atoms with E-state index in [0.29, 0.717) is 25.7 Å². The lowest BCUT2D eigenvalue weighted by Crippen LogP contribution is -2.60. The van der Waals surface area contributed by atoms with Gasteiger partial charge in [0.15, 0.2) is 0 Å². The summed E-state index contributed by atoms with van der Waals surface area (Å²) in [5.74, 6) is -9.20. The molecular weight excluding hydrogens is 380 g/mol. The van der Waals surface area contributed by atoms with E-state index in [0.717, 1.165) is 6.42 Å². The van der Waals surface area contributed by atoms with Crippen molar-refractivity contribution in [3.63, 3.8) is 0 Å². The van der Waals surface area contributed by atoms with E-state index >= 15 is 0 Å². The van der Waals surface area contributed by atoms with E-state index in [1.165, 1.54) is 0 Å². The number of rotatable bonds is 7. The smallest absolute Gasteiger partial charge is 0.333 e. The van der Waals surface area contributed by atoms with Crippen LogP contribution in [-0.4, -0.2) is 36.0 Å². The van der Waals surface area contributed by atoms with Crippen LogP contribution in [0.3, 0.4) is 0 Å². The second-order valence-electron chi connectivity index (χ2n) is 9.07. The van der Waals surface area contributed by atoms with E-state index in [-0.39, 0.29) is 30.8 Å². The van der Waals surface area contributed by atoms with Gasteiger partial charge >= 0.3 is 23.8 Å². The Bertz CT molecular complexity index is 668. The van der Waals surface area contributed by atoms with Gasteiger partial charge in [-0.1, -0.05) is 6.58 Å². The minimum Gasteiger partial charge on any atom is -0.465 e. The summed E-state index contributed by atoms with van der Waals surface area (Å²) >= 11 is 0. The molecule has 4 nitrogen and oxygen atoms in total. The molecule has 4 bridgehead atoms. The summed E-state index contributed by atoms with van der Waals surface area (Å²) in [7, 11) is 0. The molecule has 0 aromatic carbocycles. The minimum atomic E-state index is -4.24. The van der Waals surface area contributed by atoms with E-state index in [1.54, 1.807) is 6.92 Å². The van der Waals surface area contributed by atoms with E-state index in [2.05, 4.69) is 6.58 Å². The molecule has 2 atom stereocenters. The molecule has 0 aliphatic heterocycles. The monoisotopic (exact) mass is 406 g/mol. The molecule has 4 aliphatic carbocycles. The molecule has 0 N–H and O–H groups in total. The molecule has 4 fully saturated rings. The van der Waals surface area contributed by atoms with Crippen LogP contribution in [0.2, 0.25) is 0 Å². The van der Waals surface area contributed by atoms with Gasteiger partial charge < -0.3 is 9.47 Å². The van der Waals surface area contributed by atoms with Crippen molar-refractivity contribution in [3.05, 3.63) is 12.2 Å². The van der Waals surface area contributed by atoms with E-state index in [1.807, 2.05) is 0 Å². The van der Waals surface area contributed by atoms with Crippen LogP contribution in [0.1, 0.15) is 58.8 Å². The zero-order valence-electron chi connectivity index (χ0n) is 16.2. The standard InChI is InChI=1S/C20H26F4O4/c1-12(2)15(25)28-19-9-13-6-14(10-19)8-18(7-13,11-19)16(26)27-5-4-20(23,24)17(3,21)22/h13-14H,1,4-11H2,2-3H3. The molecule has 0 heterocycles. The highest BCUT2D eigenvalue weighted by Gasteiger charge is 2.63. The molecule has 2 unspecified atom stereocenters. The summed E-state index contributed by atoms with van der Waals surface area (Å²) in [6, 6.07) is 0. The van der Waals surface area contributed by atoms with Crippen LogP contribution >= 0.6 is 0 Å². The fraction of sp³-hybridized carbons (Fsp3) is 0.800. The molecule has 0 amide bonds. The van der Waals surface area contributed by atoms with Gasteiger partial charge in [-0.05, 0) is 50.9 Å². The summed E-state index contributed by atoms with van der Waals surface area (Å²) < 4.78 is 63.5. The minimum absolute atomic E-state index is 0.146. The lowest BCUT2D eigenvalue weighted by molar-refractivity contribution is -0.218. The molecule has 0 aromatic heterocycles. The number of ether oxygens (including phenoxy) is 2. The van der Waals surface area contributed by atoms with Crippen LogP contribution in [0.4, 0.5) is 17.6 Å². The number of hydrogen-bond acceptors (Lipinski definition) is 4. The van der Waals surface area contributed by atoms with Gasteiger partial charge in [0.1, 0.15) is 5.60 Å². The molecule has 8 heteroatoms. The predicted octanol–water partition coefficient (Wildman–Crippen LogP) is 4.67. The van der Waals surface area contributed by atoms with Crippen molar-refractivity contribution in [1.82, 2.24) is 0 Å². The van der Waals surface area contributed by atoms with Crippen molar-refractivity contribution >= 4 is 11.9 Å². The normalized spacial score (nSPS) is 34.2. The van der Waals surface area contributed by atoms with Crippen molar-refractivity contribution < 1.29 is 36.6 Å². The molecule has 4 aliphatic rings. The lowest BCUT2D eigenvalue weighted by Gasteiger charge is -2.59. The van der Waals surface area contributed by atoms with Crippen LogP contribution in [0.25, 0.3) is 0 Å². The predicted molar refractivity (Wildman–Crippen MR) is 91.9 cm³/mol. The van der Waals surface area contributed by atoms with E-state index < -0.39 is 47.8 Å². The van der Waals surface area contributed by atoms with Crippen molar-refractivity contribution in [1.29, 1.82) is 0 Å². The first-order valence-electron chi connectivity index (χ1n) is 9.59. The second kappa shape index (κ2) is 6.73. The quantitative estimate of drug-likeness (QED) is 0.350. The van der Waals surface area contributed by atoms with Gasteiger partial charge in [0.2, 0.25) is 0 Å². The number of carbonyl (C=O) groups excluding carboxylic acids is 2. The summed E-state index contributed by atoms with van der Waals surface area (Å²) in [4.78, 5) is 24.9. The summed E-state index contributed by atoms with van der Waals surface area (Å²) in [6.45, 7) is 4.52. The maximum Gasteiger partial charge on any atom is 0.333 e. The third kappa shape index (κ3) is 3.79. The Morgan fingerprint density at radius 1 is 1.11 bits per heavy atom. The van der Waals surface area contributed by atoms with Crippen molar-refractivity contribution in [2.24, 2.45) is 17.3 Å². The van der Waals surface area contributed by atoms with Gasteiger partial charge in [-0.25, -0.2) is 13.6 Å². The zero-order valence-corrected chi connectivity index (χ0v) is 16.2. The molecule has 4 saturated carbocycles. The number of alkyl halides is 4. The Hall–Kier alpha value is -1.60. The van der Waals surface area contributed by atoms with Gasteiger partial charge in [-0.15, -0.1) is 0 Å². The maximum absolute atomic E-state index is 13.4. The highest BCUT2D eigenvalue weighted by atomic mass is 19.3. The average Bonchev–Trinajstić information content (AvgIpc) is 2.51. The Morgan fingerprint density at radius 2 is 1.68 bits per heavy atom. The fourth-order valence-corrected chi connectivity index (χ4v) is 5.46. The third-order valence-corrected chi connectivity index (χ3v) is 6.39. The zero-order chi connectivity index (χ0) is 21.0. The van der Waals surface area contributed by atoms with E-state index in [4.69, 9.17) is 9.47 Å². The van der Waals surface area contributed by atoms with Gasteiger partial charge in [-0.3, -0.25) is 4.79 Å². The maximum atomic E-state index is 13.4. The van der Waals surface area contributed by atoms with Crippen LogP contribution in [0, 0.1) is 17.3 Å². The topological polar surface area (TPSA) is 52.6 Å². The number of halogens is 4. The molecule has 4 rings (SSSR count). The van der Waals surface area contributed by atoms with Crippen LogP contribution in [0.15, 0.2) is 12.2 Å². The first-order chi connectivity index (χ1) is 12.8. The molecule has 0 radical (unpaired) electrons. The van der Waals surface area contributed by atoms with Gasteiger partial charge in [-0.2, -0.15) is 8.78 Å². The summed E-state index contributed by atoms with van der Waals surface area (Å²) in [5.41, 5.74) is -1.39. The fourth-order valence-electron chi connectivity index (χ4n) is 5.46. The molecular formula is C20H26F4O4. The molecule has 28 heavy (non-hydrogen) atoms. The van der Waals surface area contributed by atoms with Crippen molar-refractivity contribution in [3.8, 4) is 0 Å². The number of carbonyl (C=O) groups is 2. The largest absolute Gasteiger partial charge is 0.465 e. The molecule has 158 valence electrons. The highest BCUT2D eigenvalue weighted by Crippen LogP contribution is 2.63. The van der Waals surface area contributed by atoms with Gasteiger partial charge in [0.25, 0.3) is 0 Å². The summed E-state index contributed by atoms with van der Waals surface area (Å²) in [6.07, 6.45) is 2.41. The van der Waals surface area contributed by atoms with Crippen molar-refractivity contribution in [2.45, 2.75) is 76.2 Å². The molecule has 0 spiro atoms. The summed E-state index contributed by atoms with van der Waals surface area (Å²) in [5, 5.41) is 0. The lowest BCUT2D eigenvalue weighted by atomic mass is 9.48. The Kier molecular flexibility index (Phi) is 5.08. The van der Waals surface area contributed by atoms with Gasteiger partial charge in [0, 0.05) is 18.9 Å². The highest BCUT2D eigenvalue weighted by molar-refractivity contribution is 5.87. The van der Waals surface area contributed by atoms with Crippen LogP contribution < -0.4 is 0 Å². The molecule has 0 saturated heterocycles.